The lowest BCUT2D eigenvalue weighted by atomic mass is 10.1. The summed E-state index contributed by atoms with van der Waals surface area (Å²) in [7, 11) is 0. The van der Waals surface area contributed by atoms with Gasteiger partial charge >= 0.3 is 0 Å². The Hall–Kier alpha value is -2.03. The smallest absolute Gasteiger partial charge is 0.0765 e. The summed E-state index contributed by atoms with van der Waals surface area (Å²) in [6, 6.07) is 12.6. The average Bonchev–Trinajstić information content (AvgIpc) is 2.40. The molecule has 3 heteroatoms. The predicted molar refractivity (Wildman–Crippen MR) is 70.2 cm³/mol. The molecule has 1 aromatic carbocycles. The molecule has 0 unspecified atom stereocenters. The van der Waals surface area contributed by atoms with Crippen molar-refractivity contribution in [2.45, 2.75) is 6.54 Å². The van der Waals surface area contributed by atoms with Crippen molar-refractivity contribution < 1.29 is 0 Å². The minimum atomic E-state index is 0.958. The molecule has 3 rings (SSSR count). The van der Waals surface area contributed by atoms with Crippen LogP contribution in [0.5, 0.6) is 0 Å². The summed E-state index contributed by atoms with van der Waals surface area (Å²) in [6.45, 7) is 2.97. The molecule has 0 bridgehead atoms. The van der Waals surface area contributed by atoms with Crippen LogP contribution in [0, 0.1) is 0 Å². The Bertz CT molecular complexity index is 496. The first kappa shape index (κ1) is 10.1. The number of hydrogen-bond acceptors (Lipinski definition) is 3. The Morgan fingerprint density at radius 2 is 2.06 bits per heavy atom. The average molecular weight is 225 g/mol. The molecule has 0 saturated heterocycles. The first-order valence-corrected chi connectivity index (χ1v) is 5.90. The van der Waals surface area contributed by atoms with Crippen LogP contribution in [0.15, 0.2) is 48.8 Å². The Kier molecular flexibility index (Phi) is 2.66. The zero-order valence-electron chi connectivity index (χ0n) is 9.63. The number of pyridine rings is 1. The number of anilines is 2. The number of aromatic nitrogens is 1. The fourth-order valence-electron chi connectivity index (χ4n) is 2.21. The lowest BCUT2D eigenvalue weighted by Crippen LogP contribution is -2.33. The van der Waals surface area contributed by atoms with E-state index in [9.17, 15) is 0 Å². The van der Waals surface area contributed by atoms with Crippen LogP contribution in [0.25, 0.3) is 0 Å². The van der Waals surface area contributed by atoms with E-state index >= 15 is 0 Å². The zero-order chi connectivity index (χ0) is 11.5. The van der Waals surface area contributed by atoms with Crippen molar-refractivity contribution in [1.82, 2.24) is 4.98 Å². The van der Waals surface area contributed by atoms with Gasteiger partial charge in [0.15, 0.2) is 0 Å². The van der Waals surface area contributed by atoms with E-state index < -0.39 is 0 Å². The summed E-state index contributed by atoms with van der Waals surface area (Å²) in [6.07, 6.45) is 3.75. The molecule has 0 radical (unpaired) electrons. The van der Waals surface area contributed by atoms with Crippen molar-refractivity contribution in [1.29, 1.82) is 0 Å². The molecule has 0 amide bonds. The highest BCUT2D eigenvalue weighted by atomic mass is 15.2. The molecule has 0 fully saturated rings. The minimum absolute atomic E-state index is 0.958. The summed E-state index contributed by atoms with van der Waals surface area (Å²) in [4.78, 5) is 6.54. The van der Waals surface area contributed by atoms with E-state index in [4.69, 9.17) is 0 Å². The number of benzene rings is 1. The lowest BCUT2D eigenvalue weighted by molar-refractivity contribution is 0.785. The van der Waals surface area contributed by atoms with Crippen LogP contribution in [0.3, 0.4) is 0 Å². The maximum absolute atomic E-state index is 4.15. The van der Waals surface area contributed by atoms with E-state index in [1.54, 1.807) is 0 Å². The second-order valence-corrected chi connectivity index (χ2v) is 4.23. The summed E-state index contributed by atoms with van der Waals surface area (Å²) >= 11 is 0. The highest BCUT2D eigenvalue weighted by Gasteiger charge is 2.15. The molecule has 3 nitrogen and oxygen atoms in total. The third-order valence-corrected chi connectivity index (χ3v) is 3.05. The molecular weight excluding hydrogens is 210 g/mol. The number of nitrogens with zero attached hydrogens (tertiary/aromatic N) is 2. The van der Waals surface area contributed by atoms with Crippen LogP contribution < -0.4 is 10.2 Å². The second-order valence-electron chi connectivity index (χ2n) is 4.23. The van der Waals surface area contributed by atoms with E-state index in [0.29, 0.717) is 0 Å². The van der Waals surface area contributed by atoms with Crippen molar-refractivity contribution in [3.63, 3.8) is 0 Å². The van der Waals surface area contributed by atoms with E-state index in [2.05, 4.69) is 51.6 Å². The van der Waals surface area contributed by atoms with E-state index in [1.807, 2.05) is 12.4 Å². The molecule has 1 N–H and O–H groups in total. The second kappa shape index (κ2) is 4.45. The fourth-order valence-corrected chi connectivity index (χ4v) is 2.21. The van der Waals surface area contributed by atoms with Crippen LogP contribution in [-0.4, -0.2) is 18.1 Å². The molecule has 2 heterocycles. The first-order chi connectivity index (χ1) is 8.43. The first-order valence-electron chi connectivity index (χ1n) is 5.90. The topological polar surface area (TPSA) is 28.2 Å². The van der Waals surface area contributed by atoms with Gasteiger partial charge in [0.1, 0.15) is 0 Å². The Morgan fingerprint density at radius 3 is 2.94 bits per heavy atom. The zero-order valence-corrected chi connectivity index (χ0v) is 9.63. The van der Waals surface area contributed by atoms with Crippen LogP contribution >= 0.6 is 0 Å². The van der Waals surface area contributed by atoms with Crippen molar-refractivity contribution in [2.24, 2.45) is 0 Å². The third kappa shape index (κ3) is 2.09. The van der Waals surface area contributed by atoms with Crippen LogP contribution in [0.4, 0.5) is 11.4 Å². The van der Waals surface area contributed by atoms with Crippen molar-refractivity contribution >= 4 is 11.4 Å². The molecule has 0 spiro atoms. The lowest BCUT2D eigenvalue weighted by Gasteiger charge is -2.31. The van der Waals surface area contributed by atoms with Crippen molar-refractivity contribution in [3.05, 3.63) is 54.4 Å². The molecule has 0 saturated carbocycles. The van der Waals surface area contributed by atoms with Crippen LogP contribution in [0.2, 0.25) is 0 Å². The van der Waals surface area contributed by atoms with Crippen molar-refractivity contribution in [2.75, 3.05) is 23.3 Å². The normalized spacial score (nSPS) is 14.0. The third-order valence-electron chi connectivity index (χ3n) is 3.05. The molecule has 0 aliphatic carbocycles. The highest BCUT2D eigenvalue weighted by molar-refractivity contribution is 5.70. The molecular formula is C14H15N3. The summed E-state index contributed by atoms with van der Waals surface area (Å²) in [5, 5.41) is 3.37. The molecule has 0 atom stereocenters. The van der Waals surface area contributed by atoms with Crippen molar-refractivity contribution in [3.8, 4) is 0 Å². The van der Waals surface area contributed by atoms with Gasteiger partial charge in [0, 0.05) is 25.8 Å². The number of hydrogen-bond donors (Lipinski definition) is 1. The molecule has 1 aliphatic heterocycles. The molecule has 1 aromatic heterocycles. The van der Waals surface area contributed by atoms with Gasteiger partial charge in [-0.25, -0.2) is 0 Å². The Labute approximate surface area is 101 Å². The fraction of sp³-hybridized carbons (Fsp3) is 0.214. The number of fused-ring (bicyclic) bond motifs is 1. The Morgan fingerprint density at radius 1 is 1.18 bits per heavy atom. The standard InChI is InChI=1S/C14H15N3/c1-2-4-12(5-3-1)11-17-9-8-16-13-10-15-7-6-14(13)17/h1-7,10,16H,8-9,11H2. The maximum atomic E-state index is 4.15. The molecule has 17 heavy (non-hydrogen) atoms. The minimum Gasteiger partial charge on any atom is -0.380 e. The molecule has 2 aromatic rings. The van der Waals surface area contributed by atoms with E-state index in [1.165, 1.54) is 11.3 Å². The number of nitrogens with one attached hydrogen (secondary N) is 1. The van der Waals surface area contributed by atoms with Gasteiger partial charge in [0.25, 0.3) is 0 Å². The molecule has 86 valence electrons. The van der Waals surface area contributed by atoms with Gasteiger partial charge in [-0.3, -0.25) is 4.98 Å². The van der Waals surface area contributed by atoms with Gasteiger partial charge in [0.05, 0.1) is 17.6 Å². The van der Waals surface area contributed by atoms with Gasteiger partial charge in [0.2, 0.25) is 0 Å². The highest BCUT2D eigenvalue weighted by Crippen LogP contribution is 2.28. The molecule has 1 aliphatic rings. The quantitative estimate of drug-likeness (QED) is 0.851. The van der Waals surface area contributed by atoms with Crippen LogP contribution in [-0.2, 0) is 6.54 Å². The van der Waals surface area contributed by atoms with Gasteiger partial charge in [-0.05, 0) is 11.6 Å². The van der Waals surface area contributed by atoms with E-state index in [-0.39, 0.29) is 0 Å². The monoisotopic (exact) mass is 225 g/mol. The van der Waals surface area contributed by atoms with Gasteiger partial charge in [-0.2, -0.15) is 0 Å². The Balaban J connectivity index is 1.86. The SMILES string of the molecule is c1ccc(CN2CCNc3cnccc32)cc1. The summed E-state index contributed by atoms with van der Waals surface area (Å²) in [5.74, 6) is 0. The van der Waals surface area contributed by atoms with E-state index in [0.717, 1.165) is 25.3 Å². The van der Waals surface area contributed by atoms with Gasteiger partial charge in [-0.1, -0.05) is 30.3 Å². The number of rotatable bonds is 2. The summed E-state index contributed by atoms with van der Waals surface area (Å²) in [5.41, 5.74) is 3.72. The summed E-state index contributed by atoms with van der Waals surface area (Å²) < 4.78 is 0. The predicted octanol–water partition coefficient (Wildman–Crippen LogP) is 2.51. The van der Waals surface area contributed by atoms with Gasteiger partial charge < -0.3 is 10.2 Å². The largest absolute Gasteiger partial charge is 0.380 e. The van der Waals surface area contributed by atoms with Crippen LogP contribution in [0.1, 0.15) is 5.56 Å². The maximum Gasteiger partial charge on any atom is 0.0765 e. The van der Waals surface area contributed by atoms with Gasteiger partial charge in [-0.15, -0.1) is 0 Å².